The van der Waals surface area contributed by atoms with Gasteiger partial charge in [0.1, 0.15) is 12.4 Å². The van der Waals surface area contributed by atoms with E-state index in [-0.39, 0.29) is 11.6 Å². The van der Waals surface area contributed by atoms with Crippen molar-refractivity contribution in [3.63, 3.8) is 0 Å². The molecular weight excluding hydrogens is 347 g/mol. The summed E-state index contributed by atoms with van der Waals surface area (Å²) in [5, 5.41) is 0.819. The van der Waals surface area contributed by atoms with Crippen LogP contribution in [0.25, 0.3) is 0 Å². The molecule has 0 N–H and O–H groups in total. The topological polar surface area (TPSA) is 18.5 Å². The van der Waals surface area contributed by atoms with Crippen LogP contribution in [-0.2, 0) is 11.9 Å². The summed E-state index contributed by atoms with van der Waals surface area (Å²) in [6.45, 7) is 0.0937. The smallest absolute Gasteiger partial charge is 0.161 e. The van der Waals surface area contributed by atoms with Crippen LogP contribution in [0.5, 0.6) is 11.5 Å². The predicted octanol–water partition coefficient (Wildman–Crippen LogP) is 4.96. The Kier molecular flexibility index (Phi) is 5.26. The summed E-state index contributed by atoms with van der Waals surface area (Å²) in [5.74, 6) is 0.728. The number of halogens is 3. The fraction of sp³-hybridized carbons (Fsp3) is 0.200. The number of alkyl halides is 1. The van der Waals surface area contributed by atoms with Crippen molar-refractivity contribution in [1.82, 2.24) is 0 Å². The van der Waals surface area contributed by atoms with Gasteiger partial charge in [0.15, 0.2) is 11.5 Å². The van der Waals surface area contributed by atoms with Crippen LogP contribution >= 0.6 is 27.5 Å². The van der Waals surface area contributed by atoms with Crippen LogP contribution in [-0.4, -0.2) is 7.11 Å². The first-order valence-electron chi connectivity index (χ1n) is 5.94. The Morgan fingerprint density at radius 2 is 2.00 bits per heavy atom. The summed E-state index contributed by atoms with van der Waals surface area (Å²) in [5.41, 5.74) is 1.48. The van der Waals surface area contributed by atoms with Crippen LogP contribution in [0.2, 0.25) is 5.02 Å². The predicted molar refractivity (Wildman–Crippen MR) is 81.4 cm³/mol. The maximum Gasteiger partial charge on any atom is 0.161 e. The standard InChI is InChI=1S/C15H13BrClFO2/c1-19-14-7-10(8-16)5-6-13(14)20-9-11-3-2-4-12(17)15(11)18/h2-7H,8-9H2,1H3. The largest absolute Gasteiger partial charge is 0.493 e. The van der Waals surface area contributed by atoms with E-state index in [1.165, 1.54) is 6.07 Å². The second-order valence-corrected chi connectivity index (χ2v) is 5.09. The molecule has 0 atom stereocenters. The SMILES string of the molecule is COc1cc(CBr)ccc1OCc1cccc(Cl)c1F. The van der Waals surface area contributed by atoms with E-state index in [1.54, 1.807) is 25.3 Å². The summed E-state index contributed by atoms with van der Waals surface area (Å²) in [4.78, 5) is 0. The van der Waals surface area contributed by atoms with Crippen molar-refractivity contribution in [1.29, 1.82) is 0 Å². The molecule has 0 amide bonds. The Labute approximate surface area is 130 Å². The van der Waals surface area contributed by atoms with Gasteiger partial charge in [-0.2, -0.15) is 0 Å². The molecule has 0 spiro atoms. The highest BCUT2D eigenvalue weighted by Gasteiger charge is 2.09. The van der Waals surface area contributed by atoms with E-state index in [9.17, 15) is 4.39 Å². The highest BCUT2D eigenvalue weighted by Crippen LogP contribution is 2.30. The van der Waals surface area contributed by atoms with E-state index in [4.69, 9.17) is 21.1 Å². The Balaban J connectivity index is 2.16. The zero-order valence-electron chi connectivity index (χ0n) is 10.8. The quantitative estimate of drug-likeness (QED) is 0.702. The molecule has 0 saturated carbocycles. The lowest BCUT2D eigenvalue weighted by atomic mass is 10.2. The molecule has 0 saturated heterocycles. The fourth-order valence-corrected chi connectivity index (χ4v) is 2.27. The van der Waals surface area contributed by atoms with Crippen molar-refractivity contribution in [2.45, 2.75) is 11.9 Å². The molecule has 106 valence electrons. The molecule has 2 nitrogen and oxygen atoms in total. The van der Waals surface area contributed by atoms with E-state index in [0.717, 1.165) is 10.9 Å². The second kappa shape index (κ2) is 6.95. The lowest BCUT2D eigenvalue weighted by molar-refractivity contribution is 0.279. The zero-order chi connectivity index (χ0) is 14.5. The monoisotopic (exact) mass is 358 g/mol. The average molecular weight is 360 g/mol. The molecule has 2 aromatic rings. The van der Waals surface area contributed by atoms with Gasteiger partial charge in [-0.3, -0.25) is 0 Å². The number of hydrogen-bond donors (Lipinski definition) is 0. The molecule has 20 heavy (non-hydrogen) atoms. The first-order valence-corrected chi connectivity index (χ1v) is 7.44. The normalized spacial score (nSPS) is 10.4. The molecule has 5 heteroatoms. The van der Waals surface area contributed by atoms with E-state index >= 15 is 0 Å². The molecule has 0 unspecified atom stereocenters. The zero-order valence-corrected chi connectivity index (χ0v) is 13.2. The van der Waals surface area contributed by atoms with Crippen molar-refractivity contribution in [3.05, 3.63) is 58.4 Å². The maximum absolute atomic E-state index is 13.8. The Hall–Kier alpha value is -1.26. The minimum Gasteiger partial charge on any atom is -0.493 e. The minimum atomic E-state index is -0.454. The highest BCUT2D eigenvalue weighted by atomic mass is 79.9. The van der Waals surface area contributed by atoms with E-state index < -0.39 is 5.82 Å². The van der Waals surface area contributed by atoms with Crippen LogP contribution in [0.1, 0.15) is 11.1 Å². The third-order valence-electron chi connectivity index (χ3n) is 2.80. The molecule has 0 aromatic heterocycles. The van der Waals surface area contributed by atoms with Crippen molar-refractivity contribution in [2.24, 2.45) is 0 Å². The molecule has 0 aliphatic carbocycles. The van der Waals surface area contributed by atoms with Gasteiger partial charge in [-0.05, 0) is 23.8 Å². The van der Waals surface area contributed by atoms with E-state index in [2.05, 4.69) is 15.9 Å². The fourth-order valence-electron chi connectivity index (χ4n) is 1.73. The van der Waals surface area contributed by atoms with Crippen molar-refractivity contribution < 1.29 is 13.9 Å². The number of hydrogen-bond acceptors (Lipinski definition) is 2. The average Bonchev–Trinajstić information content (AvgIpc) is 2.48. The summed E-state index contributed by atoms with van der Waals surface area (Å²) < 4.78 is 24.6. The molecule has 2 rings (SSSR count). The Bertz CT molecular complexity index is 604. The maximum atomic E-state index is 13.8. The molecule has 0 aliphatic rings. The number of rotatable bonds is 5. The first-order chi connectivity index (χ1) is 9.65. The van der Waals surface area contributed by atoms with Gasteiger partial charge in [0.2, 0.25) is 0 Å². The highest BCUT2D eigenvalue weighted by molar-refractivity contribution is 9.08. The molecule has 0 bridgehead atoms. The number of ether oxygens (including phenoxy) is 2. The van der Waals surface area contributed by atoms with Gasteiger partial charge in [-0.25, -0.2) is 4.39 Å². The van der Waals surface area contributed by atoms with Crippen LogP contribution in [0.15, 0.2) is 36.4 Å². The summed E-state index contributed by atoms with van der Waals surface area (Å²) in [7, 11) is 1.57. The van der Waals surface area contributed by atoms with Gasteiger partial charge in [0.25, 0.3) is 0 Å². The van der Waals surface area contributed by atoms with Gasteiger partial charge in [-0.15, -0.1) is 0 Å². The van der Waals surface area contributed by atoms with Crippen molar-refractivity contribution >= 4 is 27.5 Å². The molecule has 0 fully saturated rings. The third kappa shape index (κ3) is 3.44. The lowest BCUT2D eigenvalue weighted by Crippen LogP contribution is -2.00. The third-order valence-corrected chi connectivity index (χ3v) is 3.74. The van der Waals surface area contributed by atoms with Crippen LogP contribution in [0.3, 0.4) is 0 Å². The van der Waals surface area contributed by atoms with Gasteiger partial charge in [-0.1, -0.05) is 45.7 Å². The van der Waals surface area contributed by atoms with Gasteiger partial charge < -0.3 is 9.47 Å². The summed E-state index contributed by atoms with van der Waals surface area (Å²) in [6.07, 6.45) is 0. The van der Waals surface area contributed by atoms with Gasteiger partial charge in [0, 0.05) is 10.9 Å². The molecule has 0 aliphatic heterocycles. The van der Waals surface area contributed by atoms with E-state index in [1.807, 2.05) is 12.1 Å². The van der Waals surface area contributed by atoms with Gasteiger partial charge >= 0.3 is 0 Å². The number of methoxy groups -OCH3 is 1. The molecular formula is C15H13BrClFO2. The minimum absolute atomic E-state index is 0.0905. The van der Waals surface area contributed by atoms with Crippen LogP contribution in [0, 0.1) is 5.82 Å². The Morgan fingerprint density at radius 1 is 1.20 bits per heavy atom. The molecule has 2 aromatic carbocycles. The summed E-state index contributed by atoms with van der Waals surface area (Å²) in [6, 6.07) is 10.4. The van der Waals surface area contributed by atoms with Crippen LogP contribution < -0.4 is 9.47 Å². The van der Waals surface area contributed by atoms with E-state index in [0.29, 0.717) is 17.1 Å². The molecule has 0 heterocycles. The second-order valence-electron chi connectivity index (χ2n) is 4.12. The molecule has 0 radical (unpaired) electrons. The summed E-state index contributed by atoms with van der Waals surface area (Å²) >= 11 is 9.11. The van der Waals surface area contributed by atoms with Crippen LogP contribution in [0.4, 0.5) is 4.39 Å². The lowest BCUT2D eigenvalue weighted by Gasteiger charge is -2.12. The number of benzene rings is 2. The first kappa shape index (κ1) is 15.1. The van der Waals surface area contributed by atoms with Gasteiger partial charge in [0.05, 0.1) is 12.1 Å². The Morgan fingerprint density at radius 3 is 2.70 bits per heavy atom. The van der Waals surface area contributed by atoms with Crippen molar-refractivity contribution in [2.75, 3.05) is 7.11 Å². The van der Waals surface area contributed by atoms with Crippen molar-refractivity contribution in [3.8, 4) is 11.5 Å².